The Hall–Kier alpha value is -1.33. The van der Waals surface area contributed by atoms with E-state index in [1.54, 1.807) is 11.3 Å². The maximum absolute atomic E-state index is 4.73. The fraction of sp³-hybridized carbons (Fsp3) is 0.533. The van der Waals surface area contributed by atoms with E-state index in [1.807, 2.05) is 19.9 Å². The first-order chi connectivity index (χ1) is 9.70. The number of hydrogen-bond donors (Lipinski definition) is 1. The van der Waals surface area contributed by atoms with E-state index in [0.717, 1.165) is 47.4 Å². The number of rotatable bonds is 3. The van der Waals surface area contributed by atoms with Crippen LogP contribution in [0, 0.1) is 19.8 Å². The topological polar surface area (TPSA) is 50.7 Å². The summed E-state index contributed by atoms with van der Waals surface area (Å²) in [6, 6.07) is 2.03. The summed E-state index contributed by atoms with van der Waals surface area (Å²) in [5, 5.41) is 6.47. The van der Waals surface area contributed by atoms with Crippen LogP contribution in [0.3, 0.4) is 0 Å². The number of thiazole rings is 1. The van der Waals surface area contributed by atoms with E-state index in [0.29, 0.717) is 5.92 Å². The van der Waals surface area contributed by atoms with E-state index in [1.165, 1.54) is 12.8 Å². The summed E-state index contributed by atoms with van der Waals surface area (Å²) in [6.45, 7) is 6.30. The monoisotopic (exact) mass is 288 g/mol. The van der Waals surface area contributed by atoms with Gasteiger partial charge in [-0.2, -0.15) is 0 Å². The maximum Gasteiger partial charge on any atom is 0.142 e. The quantitative estimate of drug-likeness (QED) is 0.943. The average molecular weight is 288 g/mol. The zero-order chi connectivity index (χ0) is 13.9. The average Bonchev–Trinajstić information content (AvgIpc) is 2.86. The van der Waals surface area contributed by atoms with Gasteiger partial charge in [-0.1, -0.05) is 0 Å². The lowest BCUT2D eigenvalue weighted by Gasteiger charge is -2.21. The van der Waals surface area contributed by atoms with Gasteiger partial charge in [-0.15, -0.1) is 11.3 Å². The summed E-state index contributed by atoms with van der Waals surface area (Å²) in [4.78, 5) is 13.9. The molecule has 0 saturated carbocycles. The molecule has 0 spiro atoms. The van der Waals surface area contributed by atoms with Crippen LogP contribution in [-0.2, 0) is 6.42 Å². The minimum Gasteiger partial charge on any atom is -0.317 e. The molecule has 1 N–H and O–H groups in total. The fourth-order valence-electron chi connectivity index (χ4n) is 2.65. The molecule has 4 nitrogen and oxygen atoms in total. The zero-order valence-corrected chi connectivity index (χ0v) is 12.8. The van der Waals surface area contributed by atoms with Crippen molar-refractivity contribution in [1.29, 1.82) is 0 Å². The summed E-state index contributed by atoms with van der Waals surface area (Å²) >= 11 is 1.65. The van der Waals surface area contributed by atoms with Crippen molar-refractivity contribution in [2.24, 2.45) is 5.92 Å². The predicted octanol–water partition coefficient (Wildman–Crippen LogP) is 2.76. The van der Waals surface area contributed by atoms with Crippen LogP contribution in [0.2, 0.25) is 0 Å². The first-order valence-electron chi connectivity index (χ1n) is 7.18. The lowest BCUT2D eigenvalue weighted by Crippen LogP contribution is -2.29. The Morgan fingerprint density at radius 1 is 1.15 bits per heavy atom. The van der Waals surface area contributed by atoms with Crippen molar-refractivity contribution in [3.63, 3.8) is 0 Å². The molecule has 0 aliphatic carbocycles. The maximum atomic E-state index is 4.73. The Labute approximate surface area is 123 Å². The second kappa shape index (κ2) is 5.97. The molecule has 1 fully saturated rings. The first kappa shape index (κ1) is 13.6. The van der Waals surface area contributed by atoms with Gasteiger partial charge in [-0.25, -0.2) is 15.0 Å². The largest absolute Gasteiger partial charge is 0.317 e. The van der Waals surface area contributed by atoms with Gasteiger partial charge in [-0.05, 0) is 51.8 Å². The van der Waals surface area contributed by atoms with Gasteiger partial charge in [0, 0.05) is 23.2 Å². The van der Waals surface area contributed by atoms with Gasteiger partial charge in [0.25, 0.3) is 0 Å². The van der Waals surface area contributed by atoms with Crippen molar-refractivity contribution < 1.29 is 0 Å². The van der Waals surface area contributed by atoms with Crippen molar-refractivity contribution in [1.82, 2.24) is 20.3 Å². The van der Waals surface area contributed by atoms with Crippen molar-refractivity contribution in [2.75, 3.05) is 13.1 Å². The van der Waals surface area contributed by atoms with Gasteiger partial charge in [0.05, 0.1) is 0 Å². The summed E-state index contributed by atoms with van der Waals surface area (Å²) in [6.07, 6.45) is 3.44. The Bertz CT molecular complexity index is 587. The second-order valence-electron chi connectivity index (χ2n) is 5.50. The molecule has 1 aliphatic heterocycles. The second-order valence-corrected chi connectivity index (χ2v) is 6.36. The van der Waals surface area contributed by atoms with E-state index in [9.17, 15) is 0 Å². The van der Waals surface area contributed by atoms with Crippen LogP contribution in [0.5, 0.6) is 0 Å². The van der Waals surface area contributed by atoms with E-state index in [-0.39, 0.29) is 0 Å². The van der Waals surface area contributed by atoms with Gasteiger partial charge >= 0.3 is 0 Å². The lowest BCUT2D eigenvalue weighted by atomic mass is 9.94. The number of aromatic nitrogens is 3. The Kier molecular flexibility index (Phi) is 4.08. The molecule has 3 rings (SSSR count). The molecule has 5 heteroatoms. The molecular formula is C15H20N4S. The SMILES string of the molecule is Cc1cc(-c2nc(C)cs2)nc(CC2CCNCC2)n1. The van der Waals surface area contributed by atoms with E-state index in [4.69, 9.17) is 4.98 Å². The molecule has 0 amide bonds. The molecule has 1 aliphatic rings. The molecule has 0 radical (unpaired) electrons. The van der Waals surface area contributed by atoms with Crippen LogP contribution in [0.25, 0.3) is 10.7 Å². The number of piperidine rings is 1. The smallest absolute Gasteiger partial charge is 0.142 e. The minimum absolute atomic E-state index is 0.712. The van der Waals surface area contributed by atoms with Crippen LogP contribution in [-0.4, -0.2) is 28.0 Å². The van der Waals surface area contributed by atoms with Gasteiger partial charge in [0.1, 0.15) is 16.5 Å². The number of nitrogens with one attached hydrogen (secondary N) is 1. The predicted molar refractivity (Wildman–Crippen MR) is 81.9 cm³/mol. The van der Waals surface area contributed by atoms with Gasteiger partial charge in [0.2, 0.25) is 0 Å². The van der Waals surface area contributed by atoms with Crippen molar-refractivity contribution in [3.05, 3.63) is 28.7 Å². The Morgan fingerprint density at radius 3 is 2.65 bits per heavy atom. The molecule has 106 valence electrons. The van der Waals surface area contributed by atoms with Gasteiger partial charge < -0.3 is 5.32 Å². The standard InChI is InChI=1S/C15H20N4S/c1-10-7-13(15-18-11(2)9-20-15)19-14(17-10)8-12-3-5-16-6-4-12/h7,9,12,16H,3-6,8H2,1-2H3. The third kappa shape index (κ3) is 3.22. The molecule has 0 atom stereocenters. The van der Waals surface area contributed by atoms with Crippen molar-refractivity contribution in [3.8, 4) is 10.7 Å². The van der Waals surface area contributed by atoms with Crippen LogP contribution >= 0.6 is 11.3 Å². The van der Waals surface area contributed by atoms with E-state index >= 15 is 0 Å². The third-order valence-electron chi connectivity index (χ3n) is 3.67. The highest BCUT2D eigenvalue weighted by atomic mass is 32.1. The van der Waals surface area contributed by atoms with Crippen molar-refractivity contribution >= 4 is 11.3 Å². The van der Waals surface area contributed by atoms with Crippen LogP contribution in [0.4, 0.5) is 0 Å². The summed E-state index contributed by atoms with van der Waals surface area (Å²) in [7, 11) is 0. The Morgan fingerprint density at radius 2 is 1.95 bits per heavy atom. The van der Waals surface area contributed by atoms with Gasteiger partial charge in [0.15, 0.2) is 0 Å². The zero-order valence-electron chi connectivity index (χ0n) is 12.0. The lowest BCUT2D eigenvalue weighted by molar-refractivity contribution is 0.367. The van der Waals surface area contributed by atoms with E-state index in [2.05, 4.69) is 20.7 Å². The van der Waals surface area contributed by atoms with Crippen LogP contribution in [0.15, 0.2) is 11.4 Å². The normalized spacial score (nSPS) is 16.5. The molecule has 0 bridgehead atoms. The van der Waals surface area contributed by atoms with Crippen LogP contribution in [0.1, 0.15) is 30.1 Å². The Balaban J connectivity index is 1.82. The molecular weight excluding hydrogens is 268 g/mol. The summed E-state index contributed by atoms with van der Waals surface area (Å²) in [5.41, 5.74) is 3.06. The molecule has 1 saturated heterocycles. The number of aryl methyl sites for hydroxylation is 2. The molecule has 2 aromatic heterocycles. The summed E-state index contributed by atoms with van der Waals surface area (Å²) in [5.74, 6) is 1.68. The van der Waals surface area contributed by atoms with Crippen molar-refractivity contribution in [2.45, 2.75) is 33.1 Å². The first-order valence-corrected chi connectivity index (χ1v) is 8.06. The highest BCUT2D eigenvalue weighted by molar-refractivity contribution is 7.13. The fourth-order valence-corrected chi connectivity index (χ4v) is 3.40. The number of hydrogen-bond acceptors (Lipinski definition) is 5. The summed E-state index contributed by atoms with van der Waals surface area (Å²) < 4.78 is 0. The highest BCUT2D eigenvalue weighted by Crippen LogP contribution is 2.23. The molecule has 0 unspecified atom stereocenters. The van der Waals surface area contributed by atoms with Crippen LogP contribution < -0.4 is 5.32 Å². The molecule has 2 aromatic rings. The van der Waals surface area contributed by atoms with Gasteiger partial charge in [-0.3, -0.25) is 0 Å². The molecule has 3 heterocycles. The third-order valence-corrected chi connectivity index (χ3v) is 4.65. The molecule has 0 aromatic carbocycles. The number of nitrogens with zero attached hydrogens (tertiary/aromatic N) is 3. The highest BCUT2D eigenvalue weighted by Gasteiger charge is 2.16. The molecule has 20 heavy (non-hydrogen) atoms. The van der Waals surface area contributed by atoms with E-state index < -0.39 is 0 Å². The minimum atomic E-state index is 0.712.